The van der Waals surface area contributed by atoms with E-state index < -0.39 is 5.82 Å². The first-order valence-corrected chi connectivity index (χ1v) is 3.22. The van der Waals surface area contributed by atoms with Crippen LogP contribution in [0.4, 0.5) is 4.39 Å². The second kappa shape index (κ2) is 2.70. The van der Waals surface area contributed by atoms with Crippen LogP contribution in [0.25, 0.3) is 0 Å². The first-order valence-electron chi connectivity index (χ1n) is 3.22. The van der Waals surface area contributed by atoms with E-state index in [1.54, 1.807) is 19.1 Å². The molecule has 0 aliphatic carbocycles. The van der Waals surface area contributed by atoms with Crippen molar-refractivity contribution in [3.63, 3.8) is 0 Å². The third-order valence-electron chi connectivity index (χ3n) is 1.49. The lowest BCUT2D eigenvalue weighted by molar-refractivity contribution is 0.623. The largest absolute Gasteiger partial charge is 0.384 e. The summed E-state index contributed by atoms with van der Waals surface area (Å²) in [5.74, 6) is -0.655. The van der Waals surface area contributed by atoms with Crippen molar-refractivity contribution in [2.24, 2.45) is 5.73 Å². The van der Waals surface area contributed by atoms with E-state index in [4.69, 9.17) is 11.1 Å². The number of halogens is 1. The Hall–Kier alpha value is -1.38. The van der Waals surface area contributed by atoms with Crippen molar-refractivity contribution in [3.8, 4) is 0 Å². The third kappa shape index (κ3) is 1.37. The fourth-order valence-electron chi connectivity index (χ4n) is 0.973. The van der Waals surface area contributed by atoms with E-state index >= 15 is 0 Å². The second-order valence-electron chi connectivity index (χ2n) is 2.35. The van der Waals surface area contributed by atoms with E-state index in [9.17, 15) is 4.39 Å². The zero-order chi connectivity index (χ0) is 8.43. The summed E-state index contributed by atoms with van der Waals surface area (Å²) in [4.78, 5) is 0. The van der Waals surface area contributed by atoms with Gasteiger partial charge in [-0.1, -0.05) is 12.1 Å². The van der Waals surface area contributed by atoms with Gasteiger partial charge in [-0.05, 0) is 18.6 Å². The predicted octanol–water partition coefficient (Wildman–Crippen LogP) is 1.42. The molecule has 3 heteroatoms. The topological polar surface area (TPSA) is 49.9 Å². The highest BCUT2D eigenvalue weighted by Gasteiger charge is 2.06. The number of benzene rings is 1. The SMILES string of the molecule is Cc1cccc(F)c1C(=N)N. The maximum atomic E-state index is 12.9. The highest BCUT2D eigenvalue weighted by molar-refractivity contribution is 5.96. The minimum absolute atomic E-state index is 0.201. The normalized spacial score (nSPS) is 9.64. The van der Waals surface area contributed by atoms with Crippen LogP contribution in [0.2, 0.25) is 0 Å². The summed E-state index contributed by atoms with van der Waals surface area (Å²) >= 11 is 0. The minimum atomic E-state index is -0.433. The van der Waals surface area contributed by atoms with Crippen molar-refractivity contribution >= 4 is 5.84 Å². The van der Waals surface area contributed by atoms with Gasteiger partial charge in [-0.15, -0.1) is 0 Å². The van der Waals surface area contributed by atoms with Crippen LogP contribution in [0.15, 0.2) is 18.2 Å². The lowest BCUT2D eigenvalue weighted by Crippen LogP contribution is -2.14. The monoisotopic (exact) mass is 152 g/mol. The number of hydrogen-bond donors (Lipinski definition) is 2. The summed E-state index contributed by atoms with van der Waals surface area (Å²) in [7, 11) is 0. The molecule has 58 valence electrons. The van der Waals surface area contributed by atoms with E-state index in [0.717, 1.165) is 0 Å². The first-order chi connectivity index (χ1) is 5.13. The standard InChI is InChI=1S/C8H9FN2/c1-5-3-2-4-6(9)7(5)8(10)11/h2-4H,1H3,(H3,10,11). The Bertz CT molecular complexity index is 274. The average molecular weight is 152 g/mol. The Morgan fingerprint density at radius 1 is 1.55 bits per heavy atom. The van der Waals surface area contributed by atoms with Crippen LogP contribution in [0.3, 0.4) is 0 Å². The van der Waals surface area contributed by atoms with Gasteiger partial charge in [0.1, 0.15) is 11.7 Å². The molecule has 2 nitrogen and oxygen atoms in total. The van der Waals surface area contributed by atoms with Gasteiger partial charge in [-0.3, -0.25) is 5.41 Å². The molecule has 0 amide bonds. The van der Waals surface area contributed by atoms with Crippen molar-refractivity contribution in [1.29, 1.82) is 5.41 Å². The molecule has 0 saturated carbocycles. The minimum Gasteiger partial charge on any atom is -0.384 e. The molecule has 0 radical (unpaired) electrons. The lowest BCUT2D eigenvalue weighted by Gasteiger charge is -2.03. The van der Waals surface area contributed by atoms with E-state index in [2.05, 4.69) is 0 Å². The van der Waals surface area contributed by atoms with E-state index in [1.807, 2.05) is 0 Å². The van der Waals surface area contributed by atoms with Gasteiger partial charge in [0, 0.05) is 0 Å². The summed E-state index contributed by atoms with van der Waals surface area (Å²) in [5, 5.41) is 7.05. The van der Waals surface area contributed by atoms with Crippen LogP contribution >= 0.6 is 0 Å². The van der Waals surface area contributed by atoms with E-state index in [0.29, 0.717) is 5.56 Å². The zero-order valence-corrected chi connectivity index (χ0v) is 6.19. The third-order valence-corrected chi connectivity index (χ3v) is 1.49. The molecule has 1 rings (SSSR count). The van der Waals surface area contributed by atoms with Gasteiger partial charge in [0.05, 0.1) is 5.56 Å². The average Bonchev–Trinajstić information content (AvgIpc) is 1.85. The molecule has 0 fully saturated rings. The number of aryl methyl sites for hydroxylation is 1. The van der Waals surface area contributed by atoms with Gasteiger partial charge in [0.15, 0.2) is 0 Å². The summed E-state index contributed by atoms with van der Waals surface area (Å²) in [6.07, 6.45) is 0. The molecule has 1 aromatic carbocycles. The summed E-state index contributed by atoms with van der Waals surface area (Å²) in [5.41, 5.74) is 6.05. The Kier molecular flexibility index (Phi) is 1.89. The molecular weight excluding hydrogens is 143 g/mol. The number of amidine groups is 1. The van der Waals surface area contributed by atoms with E-state index in [-0.39, 0.29) is 11.4 Å². The van der Waals surface area contributed by atoms with Crippen molar-refractivity contribution in [1.82, 2.24) is 0 Å². The van der Waals surface area contributed by atoms with Crippen molar-refractivity contribution in [3.05, 3.63) is 35.1 Å². The lowest BCUT2D eigenvalue weighted by atomic mass is 10.1. The Labute approximate surface area is 64.4 Å². The molecule has 0 aliphatic heterocycles. The Balaban J connectivity index is 3.32. The molecule has 0 spiro atoms. The molecular formula is C8H9FN2. The number of hydrogen-bond acceptors (Lipinski definition) is 1. The zero-order valence-electron chi connectivity index (χ0n) is 6.19. The fourth-order valence-corrected chi connectivity index (χ4v) is 0.973. The number of nitrogens with two attached hydrogens (primary N) is 1. The predicted molar refractivity (Wildman–Crippen MR) is 42.2 cm³/mol. The van der Waals surface area contributed by atoms with Gasteiger partial charge < -0.3 is 5.73 Å². The molecule has 0 aliphatic rings. The fraction of sp³-hybridized carbons (Fsp3) is 0.125. The molecule has 0 bridgehead atoms. The molecule has 1 aromatic rings. The maximum absolute atomic E-state index is 12.9. The van der Waals surface area contributed by atoms with Gasteiger partial charge in [0.25, 0.3) is 0 Å². The van der Waals surface area contributed by atoms with Gasteiger partial charge in [-0.2, -0.15) is 0 Å². The smallest absolute Gasteiger partial charge is 0.134 e. The molecule has 0 unspecified atom stereocenters. The summed E-state index contributed by atoms with van der Waals surface area (Å²) < 4.78 is 12.9. The quantitative estimate of drug-likeness (QED) is 0.464. The van der Waals surface area contributed by atoms with Crippen LogP contribution in [0.1, 0.15) is 11.1 Å². The van der Waals surface area contributed by atoms with E-state index in [1.165, 1.54) is 6.07 Å². The number of rotatable bonds is 1. The van der Waals surface area contributed by atoms with Crippen LogP contribution in [0.5, 0.6) is 0 Å². The first kappa shape index (κ1) is 7.72. The molecule has 0 heterocycles. The summed E-state index contributed by atoms with van der Waals surface area (Å²) in [6, 6.07) is 4.61. The number of nitrogen functional groups attached to an aromatic ring is 1. The van der Waals surface area contributed by atoms with Crippen molar-refractivity contribution in [2.75, 3.05) is 0 Å². The van der Waals surface area contributed by atoms with Crippen LogP contribution in [-0.2, 0) is 0 Å². The van der Waals surface area contributed by atoms with Crippen LogP contribution in [0, 0.1) is 18.2 Å². The highest BCUT2D eigenvalue weighted by atomic mass is 19.1. The molecule has 0 aromatic heterocycles. The second-order valence-corrected chi connectivity index (χ2v) is 2.35. The Morgan fingerprint density at radius 2 is 2.18 bits per heavy atom. The van der Waals surface area contributed by atoms with Gasteiger partial charge in [0.2, 0.25) is 0 Å². The van der Waals surface area contributed by atoms with Gasteiger partial charge >= 0.3 is 0 Å². The Morgan fingerprint density at radius 3 is 2.55 bits per heavy atom. The maximum Gasteiger partial charge on any atom is 0.134 e. The number of nitrogens with one attached hydrogen (secondary N) is 1. The molecule has 3 N–H and O–H groups in total. The van der Waals surface area contributed by atoms with Crippen LogP contribution in [-0.4, -0.2) is 5.84 Å². The van der Waals surface area contributed by atoms with Crippen LogP contribution < -0.4 is 5.73 Å². The highest BCUT2D eigenvalue weighted by Crippen LogP contribution is 2.10. The van der Waals surface area contributed by atoms with Crippen molar-refractivity contribution < 1.29 is 4.39 Å². The molecule has 11 heavy (non-hydrogen) atoms. The molecule has 0 saturated heterocycles. The van der Waals surface area contributed by atoms with Gasteiger partial charge in [-0.25, -0.2) is 4.39 Å². The molecule has 0 atom stereocenters. The van der Waals surface area contributed by atoms with Crippen molar-refractivity contribution in [2.45, 2.75) is 6.92 Å². The summed E-state index contributed by atoms with van der Waals surface area (Å²) in [6.45, 7) is 1.72.